The highest BCUT2D eigenvalue weighted by Crippen LogP contribution is 2.33. The van der Waals surface area contributed by atoms with Gasteiger partial charge in [0.15, 0.2) is 0 Å². The molecule has 1 aromatic carbocycles. The molecule has 0 saturated carbocycles. The summed E-state index contributed by atoms with van der Waals surface area (Å²) in [6.45, 7) is 6.76. The van der Waals surface area contributed by atoms with Gasteiger partial charge in [0.25, 0.3) is 0 Å². The first-order chi connectivity index (χ1) is 11.7. The van der Waals surface area contributed by atoms with Crippen molar-refractivity contribution < 1.29 is 4.79 Å². The number of rotatable bonds is 6. The molecule has 1 unspecified atom stereocenters. The fourth-order valence-electron chi connectivity index (χ4n) is 3.78. The molecule has 0 bridgehead atoms. The van der Waals surface area contributed by atoms with E-state index >= 15 is 0 Å². The van der Waals surface area contributed by atoms with Crippen LogP contribution in [0.4, 0.5) is 5.69 Å². The van der Waals surface area contributed by atoms with E-state index in [9.17, 15) is 4.79 Å². The van der Waals surface area contributed by atoms with Crippen LogP contribution in [0.3, 0.4) is 0 Å². The highest BCUT2D eigenvalue weighted by atomic mass is 35.5. The predicted molar refractivity (Wildman–Crippen MR) is 99.6 cm³/mol. The zero-order valence-corrected chi connectivity index (χ0v) is 15.3. The Balaban J connectivity index is 1.72. The maximum Gasteiger partial charge on any atom is 0.228 e. The number of carbonyl (C=O) groups excluding carboxylic acids is 1. The van der Waals surface area contributed by atoms with Gasteiger partial charge < -0.3 is 10.2 Å². The van der Waals surface area contributed by atoms with Crippen LogP contribution in [-0.2, 0) is 11.3 Å². The number of nitrogens with zero attached hydrogens (tertiary/aromatic N) is 2. The topological polar surface area (TPSA) is 35.6 Å². The van der Waals surface area contributed by atoms with Crippen molar-refractivity contribution in [3.63, 3.8) is 0 Å². The molecule has 0 aromatic heterocycles. The summed E-state index contributed by atoms with van der Waals surface area (Å²) in [5.74, 6) is 0.219. The van der Waals surface area contributed by atoms with Gasteiger partial charge in [0.1, 0.15) is 0 Å². The lowest BCUT2D eigenvalue weighted by Crippen LogP contribution is -2.41. The summed E-state index contributed by atoms with van der Waals surface area (Å²) in [6, 6.07) is 6.42. The smallest absolute Gasteiger partial charge is 0.228 e. The number of fused-ring (bicyclic) bond motifs is 2. The Labute approximate surface area is 150 Å². The van der Waals surface area contributed by atoms with E-state index in [-0.39, 0.29) is 5.91 Å². The van der Waals surface area contributed by atoms with Crippen molar-refractivity contribution in [1.82, 2.24) is 10.2 Å². The van der Waals surface area contributed by atoms with Crippen LogP contribution >= 0.6 is 11.6 Å². The van der Waals surface area contributed by atoms with E-state index in [1.54, 1.807) is 0 Å². The van der Waals surface area contributed by atoms with Gasteiger partial charge in [0.05, 0.1) is 0 Å². The van der Waals surface area contributed by atoms with Gasteiger partial charge in [-0.3, -0.25) is 9.69 Å². The molecule has 1 aromatic rings. The molecule has 1 fully saturated rings. The maximum absolute atomic E-state index is 12.9. The van der Waals surface area contributed by atoms with Crippen molar-refractivity contribution >= 4 is 23.2 Å². The monoisotopic (exact) mass is 349 g/mol. The third-order valence-electron chi connectivity index (χ3n) is 5.12. The third kappa shape index (κ3) is 4.11. The van der Waals surface area contributed by atoms with Crippen LogP contribution in [0.2, 0.25) is 5.02 Å². The first kappa shape index (κ1) is 17.7. The molecule has 132 valence electrons. The fourth-order valence-corrected chi connectivity index (χ4v) is 3.97. The summed E-state index contributed by atoms with van der Waals surface area (Å²) in [5, 5.41) is 4.12. The van der Waals surface area contributed by atoms with Gasteiger partial charge in [0, 0.05) is 42.8 Å². The first-order valence-corrected chi connectivity index (χ1v) is 9.60. The second kappa shape index (κ2) is 8.32. The number of benzene rings is 1. The molecule has 3 rings (SSSR count). The standard InChI is InChI=1S/C19H28ClN3O/c1-2-3-9-21-10-8-19(24)23-14-17-5-4-11-22(17)13-15-12-16(20)6-7-18(15)23/h6-7,12,17,21H,2-5,8-11,13-14H2,1H3. The number of anilines is 1. The van der Waals surface area contributed by atoms with Crippen LogP contribution in [0.25, 0.3) is 0 Å². The van der Waals surface area contributed by atoms with Gasteiger partial charge in [-0.1, -0.05) is 24.9 Å². The second-order valence-electron chi connectivity index (χ2n) is 6.90. The Morgan fingerprint density at radius 1 is 1.38 bits per heavy atom. The van der Waals surface area contributed by atoms with Crippen LogP contribution in [0.1, 0.15) is 44.6 Å². The number of nitrogens with one attached hydrogen (secondary N) is 1. The number of hydrogen-bond acceptors (Lipinski definition) is 3. The molecule has 1 atom stereocenters. The molecule has 1 amide bonds. The summed E-state index contributed by atoms with van der Waals surface area (Å²) < 4.78 is 0. The zero-order chi connectivity index (χ0) is 16.9. The SMILES string of the molecule is CCCCNCCC(=O)N1CC2CCCN2Cc2cc(Cl)ccc21. The second-order valence-corrected chi connectivity index (χ2v) is 7.33. The largest absolute Gasteiger partial charge is 0.316 e. The Kier molecular flexibility index (Phi) is 6.14. The molecule has 0 aliphatic carbocycles. The maximum atomic E-state index is 12.9. The number of carbonyl (C=O) groups is 1. The molecule has 5 heteroatoms. The minimum atomic E-state index is 0.219. The Morgan fingerprint density at radius 3 is 3.08 bits per heavy atom. The highest BCUT2D eigenvalue weighted by Gasteiger charge is 2.33. The predicted octanol–water partition coefficient (Wildman–Crippen LogP) is 3.43. The lowest BCUT2D eigenvalue weighted by atomic mass is 10.1. The lowest BCUT2D eigenvalue weighted by Gasteiger charge is -2.26. The van der Waals surface area contributed by atoms with Gasteiger partial charge in [0.2, 0.25) is 5.91 Å². The Morgan fingerprint density at radius 2 is 2.25 bits per heavy atom. The van der Waals surface area contributed by atoms with Crippen molar-refractivity contribution in [2.75, 3.05) is 31.1 Å². The summed E-state index contributed by atoms with van der Waals surface area (Å²) in [7, 11) is 0. The average molecular weight is 350 g/mol. The zero-order valence-electron chi connectivity index (χ0n) is 14.6. The van der Waals surface area contributed by atoms with Crippen molar-refractivity contribution in [1.29, 1.82) is 0 Å². The molecule has 2 aliphatic rings. The molecule has 2 aliphatic heterocycles. The van der Waals surface area contributed by atoms with E-state index in [4.69, 9.17) is 11.6 Å². The van der Waals surface area contributed by atoms with Crippen molar-refractivity contribution in [3.8, 4) is 0 Å². The average Bonchev–Trinajstić information content (AvgIpc) is 2.94. The summed E-state index contributed by atoms with van der Waals surface area (Å²) in [4.78, 5) is 17.4. The van der Waals surface area contributed by atoms with Gasteiger partial charge in [-0.05, 0) is 56.1 Å². The molecule has 0 radical (unpaired) electrons. The van der Waals surface area contributed by atoms with Crippen LogP contribution in [0.15, 0.2) is 18.2 Å². The van der Waals surface area contributed by atoms with E-state index in [0.717, 1.165) is 49.9 Å². The van der Waals surface area contributed by atoms with Crippen LogP contribution < -0.4 is 10.2 Å². The number of halogens is 1. The van der Waals surface area contributed by atoms with Gasteiger partial charge in [-0.15, -0.1) is 0 Å². The minimum absolute atomic E-state index is 0.219. The molecular formula is C19H28ClN3O. The normalized spacial score (nSPS) is 20.6. The van der Waals surface area contributed by atoms with Gasteiger partial charge in [-0.2, -0.15) is 0 Å². The van der Waals surface area contributed by atoms with Gasteiger partial charge in [-0.25, -0.2) is 0 Å². The van der Waals surface area contributed by atoms with Crippen LogP contribution in [-0.4, -0.2) is 43.0 Å². The summed E-state index contributed by atoms with van der Waals surface area (Å²) in [5.41, 5.74) is 2.23. The van der Waals surface area contributed by atoms with Crippen molar-refractivity contribution in [2.45, 2.75) is 51.6 Å². The van der Waals surface area contributed by atoms with E-state index in [1.165, 1.54) is 24.8 Å². The Bertz CT molecular complexity index is 578. The third-order valence-corrected chi connectivity index (χ3v) is 5.36. The van der Waals surface area contributed by atoms with Crippen molar-refractivity contribution in [3.05, 3.63) is 28.8 Å². The van der Waals surface area contributed by atoms with E-state index in [1.807, 2.05) is 23.1 Å². The van der Waals surface area contributed by atoms with Crippen LogP contribution in [0.5, 0.6) is 0 Å². The molecule has 1 saturated heterocycles. The molecule has 24 heavy (non-hydrogen) atoms. The highest BCUT2D eigenvalue weighted by molar-refractivity contribution is 6.30. The van der Waals surface area contributed by atoms with Gasteiger partial charge >= 0.3 is 0 Å². The van der Waals surface area contributed by atoms with E-state index < -0.39 is 0 Å². The molecule has 4 nitrogen and oxygen atoms in total. The number of hydrogen-bond donors (Lipinski definition) is 1. The van der Waals surface area contributed by atoms with E-state index in [2.05, 4.69) is 17.1 Å². The quantitative estimate of drug-likeness (QED) is 0.799. The molecular weight excluding hydrogens is 322 g/mol. The number of unbranched alkanes of at least 4 members (excludes halogenated alkanes) is 1. The molecule has 0 spiro atoms. The fraction of sp³-hybridized carbons (Fsp3) is 0.632. The lowest BCUT2D eigenvalue weighted by molar-refractivity contribution is -0.118. The Hall–Kier alpha value is -1.10. The summed E-state index contributed by atoms with van der Waals surface area (Å²) >= 11 is 6.20. The van der Waals surface area contributed by atoms with E-state index in [0.29, 0.717) is 12.5 Å². The minimum Gasteiger partial charge on any atom is -0.316 e. The van der Waals surface area contributed by atoms with Crippen molar-refractivity contribution in [2.24, 2.45) is 0 Å². The first-order valence-electron chi connectivity index (χ1n) is 9.22. The molecule has 2 heterocycles. The number of amides is 1. The summed E-state index contributed by atoms with van der Waals surface area (Å²) in [6.07, 6.45) is 5.30. The molecule has 1 N–H and O–H groups in total. The van der Waals surface area contributed by atoms with Crippen LogP contribution in [0, 0.1) is 0 Å².